The third-order valence-corrected chi connectivity index (χ3v) is 3.55. The number of aldehydes is 1. The van der Waals surface area contributed by atoms with Gasteiger partial charge in [-0.3, -0.25) is 14.4 Å². The van der Waals surface area contributed by atoms with Crippen molar-refractivity contribution in [3.63, 3.8) is 0 Å². The van der Waals surface area contributed by atoms with Crippen molar-refractivity contribution in [3.8, 4) is 0 Å². The van der Waals surface area contributed by atoms with Gasteiger partial charge in [0.05, 0.1) is 0 Å². The summed E-state index contributed by atoms with van der Waals surface area (Å²) in [6, 6.07) is 11.7. The second-order valence-electron chi connectivity index (χ2n) is 5.25. The molecule has 0 saturated carbocycles. The number of ketones is 1. The summed E-state index contributed by atoms with van der Waals surface area (Å²) in [6.07, 6.45) is 0.662. The molecule has 2 aromatic rings. The van der Waals surface area contributed by atoms with Crippen molar-refractivity contribution >= 4 is 23.7 Å². The first-order chi connectivity index (χ1) is 11.0. The maximum atomic E-state index is 12.7. The van der Waals surface area contributed by atoms with Crippen molar-refractivity contribution in [2.75, 3.05) is 5.32 Å². The molecule has 0 fully saturated rings. The van der Waals surface area contributed by atoms with Crippen LogP contribution in [0.2, 0.25) is 0 Å². The molecule has 0 bridgehead atoms. The molecule has 4 nitrogen and oxygen atoms in total. The number of hydrogen-bond acceptors (Lipinski definition) is 3. The monoisotopic (exact) mass is 307 g/mol. The summed E-state index contributed by atoms with van der Waals surface area (Å²) < 4.78 is 0. The molecule has 23 heavy (non-hydrogen) atoms. The van der Waals surface area contributed by atoms with Crippen LogP contribution in [0.5, 0.6) is 0 Å². The lowest BCUT2D eigenvalue weighted by atomic mass is 9.95. The molecule has 0 atom stereocenters. The number of carbonyl (C=O) groups is 3. The normalized spacial score (nSPS) is 10.0. The second-order valence-corrected chi connectivity index (χ2v) is 5.25. The predicted octanol–water partition coefficient (Wildman–Crippen LogP) is 3.55. The van der Waals surface area contributed by atoms with E-state index in [9.17, 15) is 14.4 Å². The van der Waals surface area contributed by atoms with Crippen LogP contribution in [-0.2, 0) is 4.79 Å². The largest absolute Gasteiger partial charge is 0.322 e. The van der Waals surface area contributed by atoms with Gasteiger partial charge in [0.1, 0.15) is 0 Å². The number of rotatable bonds is 5. The zero-order chi connectivity index (χ0) is 17.0. The fourth-order valence-corrected chi connectivity index (χ4v) is 2.20. The standard InChI is InChI=1S/C19H17NO3/c1-12(2)19(23)20-17-10-6-9-15(13(17)3)18(22)16-8-5-4-7-14(16)11-21/h4-11H,1H2,2-3H3,(H,20,23). The minimum absolute atomic E-state index is 0.253. The van der Waals surface area contributed by atoms with E-state index in [2.05, 4.69) is 11.9 Å². The molecule has 0 radical (unpaired) electrons. The van der Waals surface area contributed by atoms with E-state index in [-0.39, 0.29) is 11.7 Å². The van der Waals surface area contributed by atoms with Gasteiger partial charge in [0.25, 0.3) is 5.91 Å². The first-order valence-electron chi connectivity index (χ1n) is 7.11. The maximum absolute atomic E-state index is 12.7. The quantitative estimate of drug-likeness (QED) is 0.522. The zero-order valence-corrected chi connectivity index (χ0v) is 13.1. The maximum Gasteiger partial charge on any atom is 0.250 e. The van der Waals surface area contributed by atoms with Crippen molar-refractivity contribution in [3.05, 3.63) is 76.9 Å². The van der Waals surface area contributed by atoms with Gasteiger partial charge in [-0.2, -0.15) is 0 Å². The van der Waals surface area contributed by atoms with Crippen LogP contribution in [0.15, 0.2) is 54.6 Å². The van der Waals surface area contributed by atoms with E-state index in [1.54, 1.807) is 56.3 Å². The van der Waals surface area contributed by atoms with Crippen LogP contribution in [0.3, 0.4) is 0 Å². The van der Waals surface area contributed by atoms with Crippen molar-refractivity contribution in [1.82, 2.24) is 0 Å². The molecule has 0 aliphatic heterocycles. The number of hydrogen-bond donors (Lipinski definition) is 1. The molecule has 4 heteroatoms. The Morgan fingerprint density at radius 2 is 1.70 bits per heavy atom. The van der Waals surface area contributed by atoms with E-state index >= 15 is 0 Å². The Hall–Kier alpha value is -3.01. The highest BCUT2D eigenvalue weighted by molar-refractivity contribution is 6.14. The first-order valence-corrected chi connectivity index (χ1v) is 7.11. The van der Waals surface area contributed by atoms with E-state index in [0.717, 1.165) is 0 Å². The highest BCUT2D eigenvalue weighted by Crippen LogP contribution is 2.23. The topological polar surface area (TPSA) is 63.2 Å². The molecule has 0 unspecified atom stereocenters. The van der Waals surface area contributed by atoms with Crippen molar-refractivity contribution < 1.29 is 14.4 Å². The van der Waals surface area contributed by atoms with Crippen molar-refractivity contribution in [2.45, 2.75) is 13.8 Å². The van der Waals surface area contributed by atoms with E-state index in [1.807, 2.05) is 0 Å². The third kappa shape index (κ3) is 3.43. The Morgan fingerprint density at radius 1 is 1.04 bits per heavy atom. The number of anilines is 1. The molecule has 1 amide bonds. The van der Waals surface area contributed by atoms with Gasteiger partial charge in [-0.25, -0.2) is 0 Å². The Bertz CT molecular complexity index is 806. The number of carbonyl (C=O) groups excluding carboxylic acids is 3. The summed E-state index contributed by atoms with van der Waals surface area (Å²) in [5.74, 6) is -0.553. The lowest BCUT2D eigenvalue weighted by Gasteiger charge is -2.12. The van der Waals surface area contributed by atoms with E-state index in [1.165, 1.54) is 0 Å². The zero-order valence-electron chi connectivity index (χ0n) is 13.1. The van der Waals surface area contributed by atoms with Crippen LogP contribution in [0.1, 0.15) is 38.8 Å². The molecule has 0 saturated heterocycles. The van der Waals surface area contributed by atoms with E-state index in [4.69, 9.17) is 0 Å². The summed E-state index contributed by atoms with van der Waals surface area (Å²) in [5, 5.41) is 2.72. The average molecular weight is 307 g/mol. The lowest BCUT2D eigenvalue weighted by Crippen LogP contribution is -2.14. The van der Waals surface area contributed by atoms with Gasteiger partial charge >= 0.3 is 0 Å². The van der Waals surface area contributed by atoms with Crippen LogP contribution in [0, 0.1) is 6.92 Å². The van der Waals surface area contributed by atoms with Crippen LogP contribution < -0.4 is 5.32 Å². The van der Waals surface area contributed by atoms with Crippen LogP contribution in [0.4, 0.5) is 5.69 Å². The Morgan fingerprint density at radius 3 is 2.35 bits per heavy atom. The molecule has 116 valence electrons. The number of benzene rings is 2. The summed E-state index contributed by atoms with van der Waals surface area (Å²) in [6.45, 7) is 6.96. The average Bonchev–Trinajstić information content (AvgIpc) is 2.55. The lowest BCUT2D eigenvalue weighted by molar-refractivity contribution is -0.112. The molecular formula is C19H17NO3. The van der Waals surface area contributed by atoms with E-state index in [0.29, 0.717) is 39.8 Å². The smallest absolute Gasteiger partial charge is 0.250 e. The van der Waals surface area contributed by atoms with Crippen LogP contribution >= 0.6 is 0 Å². The molecular weight excluding hydrogens is 290 g/mol. The molecule has 0 aliphatic carbocycles. The molecule has 2 rings (SSSR count). The Balaban J connectivity index is 2.44. The second kappa shape index (κ2) is 6.83. The van der Waals surface area contributed by atoms with Gasteiger partial charge < -0.3 is 5.32 Å². The van der Waals surface area contributed by atoms with Gasteiger partial charge in [0.15, 0.2) is 12.1 Å². The minimum atomic E-state index is -0.300. The van der Waals surface area contributed by atoms with E-state index < -0.39 is 0 Å². The molecule has 0 spiro atoms. The van der Waals surface area contributed by atoms with Gasteiger partial charge in [-0.1, -0.05) is 43.0 Å². The van der Waals surface area contributed by atoms with Crippen molar-refractivity contribution in [1.29, 1.82) is 0 Å². The highest BCUT2D eigenvalue weighted by Gasteiger charge is 2.17. The molecule has 0 aromatic heterocycles. The fourth-order valence-electron chi connectivity index (χ4n) is 2.20. The van der Waals surface area contributed by atoms with Crippen LogP contribution in [0.25, 0.3) is 0 Å². The van der Waals surface area contributed by atoms with Crippen LogP contribution in [-0.4, -0.2) is 18.0 Å². The van der Waals surface area contributed by atoms with Gasteiger partial charge in [-0.05, 0) is 25.5 Å². The SMILES string of the molecule is C=C(C)C(=O)Nc1cccc(C(=O)c2ccccc2C=O)c1C. The Labute approximate surface area is 134 Å². The Kier molecular flexibility index (Phi) is 4.86. The van der Waals surface area contributed by atoms with Gasteiger partial charge in [0, 0.05) is 28.0 Å². The van der Waals surface area contributed by atoms with Crippen molar-refractivity contribution in [2.24, 2.45) is 0 Å². The number of nitrogens with one attached hydrogen (secondary N) is 1. The third-order valence-electron chi connectivity index (χ3n) is 3.55. The fraction of sp³-hybridized carbons (Fsp3) is 0.105. The predicted molar refractivity (Wildman–Crippen MR) is 89.9 cm³/mol. The molecule has 0 aliphatic rings. The first kappa shape index (κ1) is 16.4. The number of amides is 1. The minimum Gasteiger partial charge on any atom is -0.322 e. The highest BCUT2D eigenvalue weighted by atomic mass is 16.1. The molecule has 2 aromatic carbocycles. The van der Waals surface area contributed by atoms with Gasteiger partial charge in [0.2, 0.25) is 0 Å². The summed E-state index contributed by atoms with van der Waals surface area (Å²) in [7, 11) is 0. The summed E-state index contributed by atoms with van der Waals surface area (Å²) in [4.78, 5) is 35.6. The molecule has 0 heterocycles. The summed E-state index contributed by atoms with van der Waals surface area (Å²) in [5.41, 5.74) is 2.70. The van der Waals surface area contributed by atoms with Gasteiger partial charge in [-0.15, -0.1) is 0 Å². The molecule has 1 N–H and O–H groups in total. The summed E-state index contributed by atoms with van der Waals surface area (Å²) >= 11 is 0.